The van der Waals surface area contributed by atoms with Crippen molar-refractivity contribution in [3.05, 3.63) is 0 Å². The molecule has 0 fully saturated rings. The highest BCUT2D eigenvalue weighted by molar-refractivity contribution is 7.51. The van der Waals surface area contributed by atoms with Gasteiger partial charge < -0.3 is 9.79 Å². The van der Waals surface area contributed by atoms with Crippen molar-refractivity contribution in [2.75, 3.05) is 6.16 Å². The maximum absolute atomic E-state index is 10.7. The number of ketones is 1. The second kappa shape index (κ2) is 5.46. The molecule has 0 saturated carbocycles. The van der Waals surface area contributed by atoms with E-state index in [4.69, 9.17) is 9.79 Å². The molecule has 0 bridgehead atoms. The van der Waals surface area contributed by atoms with E-state index in [9.17, 15) is 9.36 Å². The van der Waals surface area contributed by atoms with Gasteiger partial charge in [-0.2, -0.15) is 0 Å². The molecule has 72 valence electrons. The van der Waals surface area contributed by atoms with Crippen molar-refractivity contribution in [1.82, 2.24) is 0 Å². The van der Waals surface area contributed by atoms with E-state index >= 15 is 0 Å². The van der Waals surface area contributed by atoms with Crippen molar-refractivity contribution >= 4 is 13.4 Å². The van der Waals surface area contributed by atoms with Crippen LogP contribution in [-0.4, -0.2) is 21.7 Å². The van der Waals surface area contributed by atoms with Crippen LogP contribution in [0.4, 0.5) is 0 Å². The molecule has 0 aromatic carbocycles. The molecule has 12 heavy (non-hydrogen) atoms. The van der Waals surface area contributed by atoms with E-state index in [0.29, 0.717) is 25.7 Å². The summed E-state index contributed by atoms with van der Waals surface area (Å²) in [5.41, 5.74) is 0. The number of hydrogen-bond acceptors (Lipinski definition) is 2. The van der Waals surface area contributed by atoms with E-state index in [2.05, 4.69) is 0 Å². The first kappa shape index (κ1) is 11.8. The summed E-state index contributed by atoms with van der Waals surface area (Å²) in [5, 5.41) is 0. The zero-order valence-corrected chi connectivity index (χ0v) is 8.09. The van der Waals surface area contributed by atoms with Crippen molar-refractivity contribution < 1.29 is 19.1 Å². The van der Waals surface area contributed by atoms with Crippen molar-refractivity contribution in [1.29, 1.82) is 0 Å². The summed E-state index contributed by atoms with van der Waals surface area (Å²) < 4.78 is 10.4. The van der Waals surface area contributed by atoms with Gasteiger partial charge in [-0.05, 0) is 12.8 Å². The first-order valence-corrected chi connectivity index (χ1v) is 5.81. The molecular formula is C7H15O4P. The summed E-state index contributed by atoms with van der Waals surface area (Å²) >= 11 is 0. The molecule has 0 atom stereocenters. The normalized spacial score (nSPS) is 11.6. The number of carbonyl (C=O) groups excluding carboxylic acids is 1. The van der Waals surface area contributed by atoms with Gasteiger partial charge in [0.25, 0.3) is 0 Å². The van der Waals surface area contributed by atoms with Crippen LogP contribution in [0.5, 0.6) is 0 Å². The van der Waals surface area contributed by atoms with Crippen LogP contribution in [0.2, 0.25) is 0 Å². The third kappa shape index (κ3) is 7.92. The zero-order valence-electron chi connectivity index (χ0n) is 7.19. The Hall–Kier alpha value is -0.180. The molecule has 0 aliphatic carbocycles. The summed E-state index contributed by atoms with van der Waals surface area (Å²) in [7, 11) is -3.85. The van der Waals surface area contributed by atoms with Crippen LogP contribution in [0.3, 0.4) is 0 Å². The van der Waals surface area contributed by atoms with Crippen LogP contribution in [0.1, 0.15) is 32.6 Å². The Kier molecular flexibility index (Phi) is 5.38. The fourth-order valence-corrected chi connectivity index (χ4v) is 1.45. The molecule has 2 N–H and O–H groups in total. The molecule has 0 amide bonds. The minimum absolute atomic E-state index is 0.107. The van der Waals surface area contributed by atoms with E-state index in [1.807, 2.05) is 0 Å². The van der Waals surface area contributed by atoms with Gasteiger partial charge in [0, 0.05) is 19.0 Å². The molecule has 0 unspecified atom stereocenters. The second-order valence-corrected chi connectivity index (χ2v) is 4.51. The van der Waals surface area contributed by atoms with Gasteiger partial charge >= 0.3 is 7.60 Å². The van der Waals surface area contributed by atoms with Crippen LogP contribution in [0.15, 0.2) is 0 Å². The van der Waals surface area contributed by atoms with Gasteiger partial charge in [0.15, 0.2) is 0 Å². The van der Waals surface area contributed by atoms with E-state index in [1.54, 1.807) is 6.92 Å². The number of Topliss-reactive ketones (excluding diaryl/α,β-unsaturated/α-hetero) is 1. The van der Waals surface area contributed by atoms with Crippen molar-refractivity contribution in [3.63, 3.8) is 0 Å². The lowest BCUT2D eigenvalue weighted by molar-refractivity contribution is -0.118. The lowest BCUT2D eigenvalue weighted by Gasteiger charge is -2.01. The lowest BCUT2D eigenvalue weighted by Crippen LogP contribution is -1.96. The standard InChI is InChI=1S/C7H15O4P/c1-2-7(8)5-3-4-6-12(9,10)11/h2-6H2,1H3,(H2,9,10,11). The second-order valence-electron chi connectivity index (χ2n) is 2.74. The van der Waals surface area contributed by atoms with Crippen LogP contribution >= 0.6 is 7.60 Å². The zero-order chi connectivity index (χ0) is 9.61. The fraction of sp³-hybridized carbons (Fsp3) is 0.857. The number of hydrogen-bond donors (Lipinski definition) is 2. The van der Waals surface area contributed by atoms with E-state index in [1.165, 1.54) is 0 Å². The van der Waals surface area contributed by atoms with E-state index < -0.39 is 7.60 Å². The topological polar surface area (TPSA) is 74.6 Å². The Balaban J connectivity index is 3.34. The Morgan fingerprint density at radius 1 is 1.33 bits per heavy atom. The van der Waals surface area contributed by atoms with Gasteiger partial charge in [-0.3, -0.25) is 9.36 Å². The highest BCUT2D eigenvalue weighted by Crippen LogP contribution is 2.35. The summed E-state index contributed by atoms with van der Waals surface area (Å²) in [6, 6.07) is 0. The molecule has 0 saturated heterocycles. The molecule has 0 aliphatic rings. The number of carbonyl (C=O) groups is 1. The summed E-state index contributed by atoms with van der Waals surface area (Å²) in [5.74, 6) is 0.153. The molecule has 5 heteroatoms. The van der Waals surface area contributed by atoms with Crippen LogP contribution in [0.25, 0.3) is 0 Å². The average Bonchev–Trinajstić information content (AvgIpc) is 1.96. The van der Waals surface area contributed by atoms with E-state index in [-0.39, 0.29) is 11.9 Å². The SMILES string of the molecule is CCC(=O)CCCCP(=O)(O)O. The lowest BCUT2D eigenvalue weighted by atomic mass is 10.1. The smallest absolute Gasteiger partial charge is 0.324 e. The molecule has 0 spiro atoms. The van der Waals surface area contributed by atoms with Gasteiger partial charge in [-0.1, -0.05) is 6.92 Å². The minimum atomic E-state index is -3.85. The third-order valence-electron chi connectivity index (χ3n) is 1.55. The molecule has 0 rings (SSSR count). The molecule has 0 aromatic rings. The highest BCUT2D eigenvalue weighted by Gasteiger charge is 2.11. The quantitative estimate of drug-likeness (QED) is 0.493. The molecular weight excluding hydrogens is 179 g/mol. The Morgan fingerprint density at radius 2 is 1.92 bits per heavy atom. The van der Waals surface area contributed by atoms with Gasteiger partial charge in [0.2, 0.25) is 0 Å². The minimum Gasteiger partial charge on any atom is -0.324 e. The Morgan fingerprint density at radius 3 is 2.33 bits per heavy atom. The first-order valence-electron chi connectivity index (χ1n) is 4.02. The molecule has 0 aliphatic heterocycles. The molecule has 0 radical (unpaired) electrons. The Bertz CT molecular complexity index is 184. The summed E-state index contributed by atoms with van der Waals surface area (Å²) in [6.07, 6.45) is 1.85. The molecule has 4 nitrogen and oxygen atoms in total. The first-order chi connectivity index (χ1) is 5.45. The Labute approximate surface area is 72.1 Å². The maximum Gasteiger partial charge on any atom is 0.325 e. The van der Waals surface area contributed by atoms with Crippen LogP contribution in [0, 0.1) is 0 Å². The van der Waals surface area contributed by atoms with Gasteiger partial charge in [-0.25, -0.2) is 0 Å². The van der Waals surface area contributed by atoms with Crippen molar-refractivity contribution in [3.8, 4) is 0 Å². The molecule has 0 heterocycles. The van der Waals surface area contributed by atoms with Crippen LogP contribution < -0.4 is 0 Å². The average molecular weight is 194 g/mol. The fourth-order valence-electron chi connectivity index (χ4n) is 0.817. The van der Waals surface area contributed by atoms with Crippen molar-refractivity contribution in [2.24, 2.45) is 0 Å². The van der Waals surface area contributed by atoms with Crippen LogP contribution in [-0.2, 0) is 9.36 Å². The third-order valence-corrected chi connectivity index (χ3v) is 2.45. The molecule has 0 aromatic heterocycles. The summed E-state index contributed by atoms with van der Waals surface area (Å²) in [6.45, 7) is 1.78. The predicted molar refractivity (Wildman–Crippen MR) is 46.1 cm³/mol. The van der Waals surface area contributed by atoms with Gasteiger partial charge in [0.1, 0.15) is 5.78 Å². The van der Waals surface area contributed by atoms with Crippen molar-refractivity contribution in [2.45, 2.75) is 32.6 Å². The van der Waals surface area contributed by atoms with Gasteiger partial charge in [-0.15, -0.1) is 0 Å². The van der Waals surface area contributed by atoms with E-state index in [0.717, 1.165) is 0 Å². The maximum atomic E-state index is 10.7. The van der Waals surface area contributed by atoms with Gasteiger partial charge in [0.05, 0.1) is 0 Å². The number of rotatable bonds is 6. The largest absolute Gasteiger partial charge is 0.325 e. The highest BCUT2D eigenvalue weighted by atomic mass is 31.2. The summed E-state index contributed by atoms with van der Waals surface area (Å²) in [4.78, 5) is 27.7. The monoisotopic (exact) mass is 194 g/mol. The predicted octanol–water partition coefficient (Wildman–Crippen LogP) is 1.31. The number of unbranched alkanes of at least 4 members (excludes halogenated alkanes) is 1.